The molecule has 76 valence electrons. The molecule has 0 unspecified atom stereocenters. The summed E-state index contributed by atoms with van der Waals surface area (Å²) in [6.07, 6.45) is 2.48. The van der Waals surface area contributed by atoms with Crippen molar-refractivity contribution in [3.8, 4) is 5.75 Å². The summed E-state index contributed by atoms with van der Waals surface area (Å²) in [6, 6.07) is 7.47. The van der Waals surface area contributed by atoms with Gasteiger partial charge in [0.1, 0.15) is 5.75 Å². The highest BCUT2D eigenvalue weighted by Gasteiger charge is 2.40. The summed E-state index contributed by atoms with van der Waals surface area (Å²) >= 11 is 1.71. The highest BCUT2D eigenvalue weighted by atomic mass is 32.2. The average Bonchev–Trinajstić information content (AvgIpc) is 2.98. The van der Waals surface area contributed by atoms with Crippen molar-refractivity contribution in [2.75, 3.05) is 12.3 Å². The third-order valence-electron chi connectivity index (χ3n) is 2.79. The van der Waals surface area contributed by atoms with Crippen LogP contribution in [0.4, 0.5) is 0 Å². The molecule has 0 radical (unpaired) electrons. The molecule has 14 heavy (non-hydrogen) atoms. The Kier molecular flexibility index (Phi) is 2.70. The number of hydrogen-bond acceptors (Lipinski definition) is 3. The minimum absolute atomic E-state index is 0.368. The van der Waals surface area contributed by atoms with Gasteiger partial charge in [0.2, 0.25) is 0 Å². The van der Waals surface area contributed by atoms with E-state index in [0.717, 1.165) is 17.2 Å². The molecule has 3 heteroatoms. The molecule has 2 rings (SSSR count). The van der Waals surface area contributed by atoms with Gasteiger partial charge in [-0.2, -0.15) is 0 Å². The summed E-state index contributed by atoms with van der Waals surface area (Å²) in [5.41, 5.74) is 6.06. The molecule has 3 N–H and O–H groups in total. The fraction of sp³-hybridized carbons (Fsp3) is 0.455. The fourth-order valence-electron chi connectivity index (χ4n) is 1.39. The number of benzene rings is 1. The number of nitrogens with two attached hydrogens (primary N) is 1. The van der Waals surface area contributed by atoms with Crippen LogP contribution in [0.2, 0.25) is 0 Å². The fourth-order valence-corrected chi connectivity index (χ4v) is 2.65. The summed E-state index contributed by atoms with van der Waals surface area (Å²) in [7, 11) is 0. The SMILES string of the molecule is NCC1(CSc2ccccc2O)CC1. The van der Waals surface area contributed by atoms with E-state index in [0.29, 0.717) is 11.2 Å². The van der Waals surface area contributed by atoms with Gasteiger partial charge in [-0.05, 0) is 36.9 Å². The Bertz CT molecular complexity index is 323. The molecule has 0 bridgehead atoms. The van der Waals surface area contributed by atoms with Gasteiger partial charge in [0.25, 0.3) is 0 Å². The van der Waals surface area contributed by atoms with E-state index < -0.39 is 0 Å². The molecule has 1 aliphatic rings. The van der Waals surface area contributed by atoms with Crippen molar-refractivity contribution in [2.24, 2.45) is 11.1 Å². The Labute approximate surface area is 88.5 Å². The number of hydrogen-bond donors (Lipinski definition) is 2. The third-order valence-corrected chi connectivity index (χ3v) is 4.20. The van der Waals surface area contributed by atoms with Crippen LogP contribution in [0.3, 0.4) is 0 Å². The highest BCUT2D eigenvalue weighted by Crippen LogP contribution is 2.48. The zero-order valence-electron chi connectivity index (χ0n) is 8.07. The Morgan fingerprint density at radius 2 is 2.07 bits per heavy atom. The van der Waals surface area contributed by atoms with Crippen molar-refractivity contribution in [1.82, 2.24) is 0 Å². The zero-order valence-corrected chi connectivity index (χ0v) is 8.89. The van der Waals surface area contributed by atoms with Crippen molar-refractivity contribution >= 4 is 11.8 Å². The lowest BCUT2D eigenvalue weighted by atomic mass is 10.1. The lowest BCUT2D eigenvalue weighted by molar-refractivity contribution is 0.462. The molecular weight excluding hydrogens is 194 g/mol. The molecular formula is C11H15NOS. The van der Waals surface area contributed by atoms with Crippen LogP contribution < -0.4 is 5.73 Å². The van der Waals surface area contributed by atoms with Gasteiger partial charge in [-0.25, -0.2) is 0 Å². The van der Waals surface area contributed by atoms with Crippen molar-refractivity contribution < 1.29 is 5.11 Å². The summed E-state index contributed by atoms with van der Waals surface area (Å²) in [5.74, 6) is 1.41. The molecule has 1 aromatic carbocycles. The Morgan fingerprint density at radius 1 is 1.36 bits per heavy atom. The van der Waals surface area contributed by atoms with E-state index in [-0.39, 0.29) is 0 Å². The van der Waals surface area contributed by atoms with Gasteiger partial charge in [-0.15, -0.1) is 11.8 Å². The van der Waals surface area contributed by atoms with Crippen LogP contribution in [-0.4, -0.2) is 17.4 Å². The first kappa shape index (κ1) is 9.87. The van der Waals surface area contributed by atoms with Crippen LogP contribution >= 0.6 is 11.8 Å². The van der Waals surface area contributed by atoms with Crippen LogP contribution in [0.15, 0.2) is 29.2 Å². The van der Waals surface area contributed by atoms with Gasteiger partial charge in [0.15, 0.2) is 0 Å². The number of phenols is 1. The van der Waals surface area contributed by atoms with Gasteiger partial charge in [0, 0.05) is 10.6 Å². The summed E-state index contributed by atoms with van der Waals surface area (Å²) in [4.78, 5) is 0.965. The minimum Gasteiger partial charge on any atom is -0.507 e. The number of rotatable bonds is 4. The van der Waals surface area contributed by atoms with E-state index in [4.69, 9.17) is 5.73 Å². The average molecular weight is 209 g/mol. The second kappa shape index (κ2) is 3.83. The number of thioether (sulfide) groups is 1. The Balaban J connectivity index is 1.95. The molecule has 0 aromatic heterocycles. The first-order valence-electron chi connectivity index (χ1n) is 4.87. The van der Waals surface area contributed by atoms with Crippen molar-refractivity contribution in [2.45, 2.75) is 17.7 Å². The first-order valence-corrected chi connectivity index (χ1v) is 5.85. The molecule has 0 amide bonds. The van der Waals surface area contributed by atoms with Crippen molar-refractivity contribution in [1.29, 1.82) is 0 Å². The third kappa shape index (κ3) is 2.04. The maximum Gasteiger partial charge on any atom is 0.129 e. The van der Waals surface area contributed by atoms with E-state index in [1.54, 1.807) is 17.8 Å². The largest absolute Gasteiger partial charge is 0.507 e. The molecule has 0 heterocycles. The molecule has 1 fully saturated rings. The predicted octanol–water partition coefficient (Wildman–Crippen LogP) is 2.22. The molecule has 0 atom stereocenters. The molecule has 1 aromatic rings. The summed E-state index contributed by atoms with van der Waals surface area (Å²) in [5, 5.41) is 9.55. The van der Waals surface area contributed by atoms with E-state index in [2.05, 4.69) is 0 Å². The standard InChI is InChI=1S/C11H15NOS/c12-7-11(5-6-11)8-14-10-4-2-1-3-9(10)13/h1-4,13H,5-8,12H2. The second-order valence-electron chi connectivity index (χ2n) is 3.96. The molecule has 1 saturated carbocycles. The number of aromatic hydroxyl groups is 1. The lowest BCUT2D eigenvalue weighted by Gasteiger charge is -2.11. The number of para-hydroxylation sites is 1. The normalized spacial score (nSPS) is 18.1. The minimum atomic E-state index is 0.368. The lowest BCUT2D eigenvalue weighted by Crippen LogP contribution is -2.17. The van der Waals surface area contributed by atoms with Crippen LogP contribution in [-0.2, 0) is 0 Å². The highest BCUT2D eigenvalue weighted by molar-refractivity contribution is 7.99. The van der Waals surface area contributed by atoms with Crippen LogP contribution in [0.25, 0.3) is 0 Å². The molecule has 1 aliphatic carbocycles. The van der Waals surface area contributed by atoms with E-state index in [1.807, 2.05) is 18.2 Å². The second-order valence-corrected chi connectivity index (χ2v) is 4.98. The van der Waals surface area contributed by atoms with Crippen LogP contribution in [0.5, 0.6) is 5.75 Å². The van der Waals surface area contributed by atoms with Gasteiger partial charge in [-0.3, -0.25) is 0 Å². The summed E-state index contributed by atoms with van der Waals surface area (Å²) < 4.78 is 0. The van der Waals surface area contributed by atoms with Gasteiger partial charge < -0.3 is 10.8 Å². The molecule has 2 nitrogen and oxygen atoms in total. The van der Waals surface area contributed by atoms with Gasteiger partial charge >= 0.3 is 0 Å². The van der Waals surface area contributed by atoms with Gasteiger partial charge in [0.05, 0.1) is 0 Å². The van der Waals surface area contributed by atoms with E-state index in [9.17, 15) is 5.11 Å². The monoisotopic (exact) mass is 209 g/mol. The number of phenolic OH excluding ortho intramolecular Hbond substituents is 1. The van der Waals surface area contributed by atoms with Crippen LogP contribution in [0, 0.1) is 5.41 Å². The molecule has 0 aliphatic heterocycles. The Morgan fingerprint density at radius 3 is 2.64 bits per heavy atom. The predicted molar refractivity (Wildman–Crippen MR) is 59.6 cm³/mol. The van der Waals surface area contributed by atoms with E-state index in [1.165, 1.54) is 12.8 Å². The van der Waals surface area contributed by atoms with Gasteiger partial charge in [-0.1, -0.05) is 12.1 Å². The van der Waals surface area contributed by atoms with Crippen molar-refractivity contribution in [3.05, 3.63) is 24.3 Å². The first-order chi connectivity index (χ1) is 6.76. The maximum absolute atomic E-state index is 9.55. The van der Waals surface area contributed by atoms with E-state index >= 15 is 0 Å². The molecule has 0 saturated heterocycles. The Hall–Kier alpha value is -0.670. The smallest absolute Gasteiger partial charge is 0.129 e. The van der Waals surface area contributed by atoms with Crippen LogP contribution in [0.1, 0.15) is 12.8 Å². The zero-order chi connectivity index (χ0) is 10.0. The maximum atomic E-state index is 9.55. The summed E-state index contributed by atoms with van der Waals surface area (Å²) in [6.45, 7) is 0.771. The quantitative estimate of drug-likeness (QED) is 0.747. The van der Waals surface area contributed by atoms with Crippen molar-refractivity contribution in [3.63, 3.8) is 0 Å². The molecule has 0 spiro atoms. The topological polar surface area (TPSA) is 46.2 Å².